The minimum Gasteiger partial charge on any atom is -0.476 e. The molecule has 19 heavy (non-hydrogen) atoms. The van der Waals surface area contributed by atoms with Crippen LogP contribution in [0.5, 0.6) is 0 Å². The third-order valence-corrected chi connectivity index (χ3v) is 2.72. The first-order valence-corrected chi connectivity index (χ1v) is 5.56. The predicted molar refractivity (Wildman–Crippen MR) is 66.4 cm³/mol. The van der Waals surface area contributed by atoms with E-state index in [1.54, 1.807) is 0 Å². The molecule has 0 unspecified atom stereocenters. The van der Waals surface area contributed by atoms with Gasteiger partial charge in [-0.2, -0.15) is 0 Å². The van der Waals surface area contributed by atoms with Gasteiger partial charge in [0.1, 0.15) is 0 Å². The van der Waals surface area contributed by atoms with Crippen molar-refractivity contribution in [3.05, 3.63) is 53.1 Å². The molecule has 0 fully saturated rings. The van der Waals surface area contributed by atoms with Crippen molar-refractivity contribution < 1.29 is 19.8 Å². The summed E-state index contributed by atoms with van der Waals surface area (Å²) in [6, 6.07) is 7.54. The fourth-order valence-corrected chi connectivity index (χ4v) is 1.77. The van der Waals surface area contributed by atoms with E-state index in [1.165, 1.54) is 10.9 Å². The summed E-state index contributed by atoms with van der Waals surface area (Å²) in [5, 5.41) is 18.0. The second kappa shape index (κ2) is 4.93. The van der Waals surface area contributed by atoms with E-state index in [0.717, 1.165) is 11.1 Å². The lowest BCUT2D eigenvalue weighted by molar-refractivity contribution is 0.0640. The maximum absolute atomic E-state index is 11.1. The topological polar surface area (TPSA) is 92.4 Å². The van der Waals surface area contributed by atoms with Crippen LogP contribution in [0.1, 0.15) is 32.1 Å². The van der Waals surface area contributed by atoms with Gasteiger partial charge in [-0.1, -0.05) is 29.8 Å². The smallest absolute Gasteiger partial charge is 0.357 e. The summed E-state index contributed by atoms with van der Waals surface area (Å²) in [5.74, 6) is -2.65. The number of hydrogen-bond acceptors (Lipinski definition) is 3. The van der Waals surface area contributed by atoms with Crippen molar-refractivity contribution in [2.45, 2.75) is 13.5 Å². The Bertz CT molecular complexity index is 629. The van der Waals surface area contributed by atoms with Crippen LogP contribution in [0.2, 0.25) is 0 Å². The lowest BCUT2D eigenvalue weighted by Gasteiger charge is -2.06. The maximum atomic E-state index is 11.1. The fraction of sp³-hybridized carbons (Fsp3) is 0.154. The second-order valence-electron chi connectivity index (χ2n) is 4.17. The summed E-state index contributed by atoms with van der Waals surface area (Å²) < 4.78 is 1.32. The first-order valence-electron chi connectivity index (χ1n) is 5.56. The zero-order chi connectivity index (χ0) is 14.0. The van der Waals surface area contributed by atoms with Crippen LogP contribution < -0.4 is 0 Å². The molecule has 0 amide bonds. The molecule has 0 aliphatic rings. The van der Waals surface area contributed by atoms with Crippen molar-refractivity contribution >= 4 is 11.9 Å². The molecule has 98 valence electrons. The van der Waals surface area contributed by atoms with Crippen LogP contribution >= 0.6 is 0 Å². The lowest BCUT2D eigenvalue weighted by Crippen LogP contribution is -2.13. The number of carbonyl (C=O) groups is 2. The number of aromatic carboxylic acids is 2. The molecule has 1 aromatic heterocycles. The van der Waals surface area contributed by atoms with E-state index >= 15 is 0 Å². The van der Waals surface area contributed by atoms with E-state index in [0.29, 0.717) is 0 Å². The molecule has 6 nitrogen and oxygen atoms in total. The highest BCUT2D eigenvalue weighted by molar-refractivity contribution is 5.99. The fourth-order valence-electron chi connectivity index (χ4n) is 1.77. The number of imidazole rings is 1. The minimum atomic E-state index is -1.35. The molecule has 2 rings (SSSR count). The maximum Gasteiger partial charge on any atom is 0.357 e. The molecule has 0 atom stereocenters. The van der Waals surface area contributed by atoms with Crippen LogP contribution in [0.3, 0.4) is 0 Å². The summed E-state index contributed by atoms with van der Waals surface area (Å²) in [7, 11) is 0. The number of carboxylic acids is 2. The van der Waals surface area contributed by atoms with Gasteiger partial charge in [0.25, 0.3) is 0 Å². The molecule has 1 aromatic carbocycles. The molecule has 1 heterocycles. The Morgan fingerprint density at radius 2 is 1.79 bits per heavy atom. The Morgan fingerprint density at radius 1 is 1.16 bits per heavy atom. The molecule has 0 aliphatic heterocycles. The first kappa shape index (κ1) is 12.8. The van der Waals surface area contributed by atoms with Crippen LogP contribution in [-0.4, -0.2) is 31.7 Å². The van der Waals surface area contributed by atoms with E-state index in [9.17, 15) is 9.59 Å². The van der Waals surface area contributed by atoms with Gasteiger partial charge >= 0.3 is 11.9 Å². The number of carboxylic acid groups (broad SMARTS) is 2. The largest absolute Gasteiger partial charge is 0.476 e. The number of hydrogen-bond donors (Lipinski definition) is 2. The highest BCUT2D eigenvalue weighted by Gasteiger charge is 2.22. The van der Waals surface area contributed by atoms with Crippen LogP contribution in [0.15, 0.2) is 30.6 Å². The van der Waals surface area contributed by atoms with Crippen molar-refractivity contribution in [1.82, 2.24) is 9.55 Å². The van der Waals surface area contributed by atoms with Gasteiger partial charge in [-0.15, -0.1) is 0 Å². The van der Waals surface area contributed by atoms with Gasteiger partial charge in [0.05, 0.1) is 6.33 Å². The number of benzene rings is 1. The Labute approximate surface area is 108 Å². The molecule has 0 saturated heterocycles. The van der Waals surface area contributed by atoms with Crippen molar-refractivity contribution in [2.75, 3.05) is 0 Å². The molecule has 0 spiro atoms. The Kier molecular flexibility index (Phi) is 3.33. The van der Waals surface area contributed by atoms with E-state index < -0.39 is 17.6 Å². The molecular formula is C13H12N2O4. The third-order valence-electron chi connectivity index (χ3n) is 2.72. The van der Waals surface area contributed by atoms with Gasteiger partial charge < -0.3 is 14.8 Å². The lowest BCUT2D eigenvalue weighted by atomic mass is 10.1. The number of aromatic nitrogens is 2. The zero-order valence-electron chi connectivity index (χ0n) is 10.2. The summed E-state index contributed by atoms with van der Waals surface area (Å²) in [6.45, 7) is 2.22. The molecule has 0 saturated carbocycles. The number of aryl methyl sites for hydroxylation is 1. The van der Waals surface area contributed by atoms with E-state index in [4.69, 9.17) is 10.2 Å². The van der Waals surface area contributed by atoms with Crippen LogP contribution in [0.25, 0.3) is 0 Å². The van der Waals surface area contributed by atoms with Crippen molar-refractivity contribution in [2.24, 2.45) is 0 Å². The molecular weight excluding hydrogens is 248 g/mol. The van der Waals surface area contributed by atoms with E-state index in [2.05, 4.69) is 4.98 Å². The molecule has 6 heteroatoms. The summed E-state index contributed by atoms with van der Waals surface area (Å²) in [6.07, 6.45) is 1.23. The minimum absolute atomic E-state index is 0.266. The van der Waals surface area contributed by atoms with Gasteiger partial charge in [-0.3, -0.25) is 0 Å². The quantitative estimate of drug-likeness (QED) is 0.871. The van der Waals surface area contributed by atoms with Gasteiger partial charge in [-0.05, 0) is 12.5 Å². The molecule has 0 aliphatic carbocycles. The van der Waals surface area contributed by atoms with E-state index in [-0.39, 0.29) is 12.2 Å². The Hall–Kier alpha value is -2.63. The summed E-state index contributed by atoms with van der Waals surface area (Å²) in [5.41, 5.74) is 1.22. The molecule has 2 aromatic rings. The van der Waals surface area contributed by atoms with Crippen LogP contribution in [0.4, 0.5) is 0 Å². The second-order valence-corrected chi connectivity index (χ2v) is 4.17. The average molecular weight is 260 g/mol. The number of nitrogens with zero attached hydrogens (tertiary/aromatic N) is 2. The van der Waals surface area contributed by atoms with Gasteiger partial charge in [-0.25, -0.2) is 14.6 Å². The van der Waals surface area contributed by atoms with Crippen LogP contribution in [-0.2, 0) is 6.54 Å². The summed E-state index contributed by atoms with van der Waals surface area (Å²) in [4.78, 5) is 25.7. The SMILES string of the molecule is Cc1ccc(Cn2cnc(C(=O)O)c2C(=O)O)cc1. The highest BCUT2D eigenvalue weighted by Crippen LogP contribution is 2.12. The van der Waals surface area contributed by atoms with E-state index in [1.807, 2.05) is 31.2 Å². The van der Waals surface area contributed by atoms with Crippen molar-refractivity contribution in [3.63, 3.8) is 0 Å². The monoisotopic (exact) mass is 260 g/mol. The average Bonchev–Trinajstić information content (AvgIpc) is 2.76. The standard InChI is InChI=1S/C13H12N2O4/c1-8-2-4-9(5-3-8)6-15-7-14-10(12(16)17)11(15)13(18)19/h2-5,7H,6H2,1H3,(H,16,17)(H,18,19). The van der Waals surface area contributed by atoms with Gasteiger partial charge in [0, 0.05) is 6.54 Å². The first-order chi connectivity index (χ1) is 8.99. The molecule has 0 radical (unpaired) electrons. The van der Waals surface area contributed by atoms with Crippen LogP contribution in [0, 0.1) is 6.92 Å². The summed E-state index contributed by atoms with van der Waals surface area (Å²) >= 11 is 0. The van der Waals surface area contributed by atoms with Crippen molar-refractivity contribution in [3.8, 4) is 0 Å². The molecule has 2 N–H and O–H groups in total. The normalized spacial score (nSPS) is 10.4. The van der Waals surface area contributed by atoms with Gasteiger partial charge in [0.15, 0.2) is 11.4 Å². The zero-order valence-corrected chi connectivity index (χ0v) is 10.2. The Morgan fingerprint density at radius 3 is 2.32 bits per heavy atom. The predicted octanol–water partition coefficient (Wildman–Crippen LogP) is 1.64. The Balaban J connectivity index is 2.37. The van der Waals surface area contributed by atoms with Crippen molar-refractivity contribution in [1.29, 1.82) is 0 Å². The van der Waals surface area contributed by atoms with Gasteiger partial charge in [0.2, 0.25) is 0 Å². The number of rotatable bonds is 4. The molecule has 0 bridgehead atoms. The third kappa shape index (κ3) is 2.62. The highest BCUT2D eigenvalue weighted by atomic mass is 16.4.